The van der Waals surface area contributed by atoms with Crippen molar-refractivity contribution in [3.63, 3.8) is 0 Å². The smallest absolute Gasteiger partial charge is 0.223 e. The molecule has 0 radical (unpaired) electrons. The van der Waals surface area contributed by atoms with Gasteiger partial charge in [0.05, 0.1) is 0 Å². The average Bonchev–Trinajstić information content (AvgIpc) is 3.04. The lowest BCUT2D eigenvalue weighted by Crippen LogP contribution is -2.46. The van der Waals surface area contributed by atoms with Crippen LogP contribution in [-0.4, -0.2) is 54.5 Å². The standard InChI is InChI=1S/C23H33F2N3O/c24-20-9-8-17(15-21(20)25)16-28-13-11-27(12-14-28)10-4-3-6-19-18-5-1-2-7-22(18)26-23(19)29/h8-9,15,18-19,22H,1-7,10-14,16H2,(H,26,29). The number of piperazine rings is 1. The van der Waals surface area contributed by atoms with Crippen LogP contribution in [0.25, 0.3) is 0 Å². The highest BCUT2D eigenvalue weighted by Gasteiger charge is 2.42. The van der Waals surface area contributed by atoms with Crippen LogP contribution in [0.5, 0.6) is 0 Å². The van der Waals surface area contributed by atoms with Crippen LogP contribution in [0.15, 0.2) is 18.2 Å². The number of carbonyl (C=O) groups excluding carboxylic acids is 1. The molecule has 2 saturated heterocycles. The zero-order valence-electron chi connectivity index (χ0n) is 17.2. The van der Waals surface area contributed by atoms with Crippen LogP contribution in [0.2, 0.25) is 0 Å². The van der Waals surface area contributed by atoms with E-state index in [1.54, 1.807) is 6.07 Å². The molecule has 1 aromatic rings. The fraction of sp³-hybridized carbons (Fsp3) is 0.696. The van der Waals surface area contributed by atoms with E-state index in [0.717, 1.165) is 57.5 Å². The number of halogens is 2. The molecule has 0 bridgehead atoms. The molecule has 1 amide bonds. The number of rotatable bonds is 7. The highest BCUT2D eigenvalue weighted by molar-refractivity contribution is 5.81. The Morgan fingerprint density at radius 3 is 2.52 bits per heavy atom. The maximum atomic E-state index is 13.4. The number of amides is 1. The molecule has 3 atom stereocenters. The molecular formula is C23H33F2N3O. The Morgan fingerprint density at radius 2 is 1.72 bits per heavy atom. The van der Waals surface area contributed by atoms with Gasteiger partial charge in [-0.05, 0) is 55.8 Å². The Kier molecular flexibility index (Phi) is 6.81. The lowest BCUT2D eigenvalue weighted by atomic mass is 9.78. The lowest BCUT2D eigenvalue weighted by Gasteiger charge is -2.34. The van der Waals surface area contributed by atoms with Gasteiger partial charge in [0.1, 0.15) is 0 Å². The Morgan fingerprint density at radius 1 is 0.966 bits per heavy atom. The lowest BCUT2D eigenvalue weighted by molar-refractivity contribution is -0.123. The first-order valence-electron chi connectivity index (χ1n) is 11.3. The van der Waals surface area contributed by atoms with Gasteiger partial charge in [-0.3, -0.25) is 9.69 Å². The summed E-state index contributed by atoms with van der Waals surface area (Å²) >= 11 is 0. The fourth-order valence-corrected chi connectivity index (χ4v) is 5.42. The van der Waals surface area contributed by atoms with Crippen LogP contribution in [0.3, 0.4) is 0 Å². The van der Waals surface area contributed by atoms with Gasteiger partial charge in [-0.1, -0.05) is 25.3 Å². The van der Waals surface area contributed by atoms with E-state index in [4.69, 9.17) is 0 Å². The van der Waals surface area contributed by atoms with Gasteiger partial charge < -0.3 is 10.2 Å². The van der Waals surface area contributed by atoms with Crippen molar-refractivity contribution in [2.75, 3.05) is 32.7 Å². The molecule has 1 N–H and O–H groups in total. The molecule has 0 aromatic heterocycles. The molecule has 2 heterocycles. The van der Waals surface area contributed by atoms with E-state index in [9.17, 15) is 13.6 Å². The second-order valence-corrected chi connectivity index (χ2v) is 9.03. The molecule has 0 spiro atoms. The number of hydrogen-bond acceptors (Lipinski definition) is 3. The van der Waals surface area contributed by atoms with E-state index in [1.165, 1.54) is 37.8 Å². The van der Waals surface area contributed by atoms with E-state index in [1.807, 2.05) is 0 Å². The summed E-state index contributed by atoms with van der Waals surface area (Å²) in [6.45, 7) is 5.68. The highest BCUT2D eigenvalue weighted by atomic mass is 19.2. The average molecular weight is 406 g/mol. The van der Waals surface area contributed by atoms with Crippen molar-refractivity contribution in [2.24, 2.45) is 11.8 Å². The van der Waals surface area contributed by atoms with Gasteiger partial charge in [0, 0.05) is 44.7 Å². The SMILES string of the molecule is O=C1NC2CCCCC2C1CCCCN1CCN(Cc2ccc(F)c(F)c2)CC1. The molecule has 2 aliphatic heterocycles. The minimum absolute atomic E-state index is 0.244. The molecule has 1 aliphatic carbocycles. The van der Waals surface area contributed by atoms with Crippen molar-refractivity contribution in [2.45, 2.75) is 57.5 Å². The van der Waals surface area contributed by atoms with E-state index in [2.05, 4.69) is 15.1 Å². The monoisotopic (exact) mass is 405 g/mol. The van der Waals surface area contributed by atoms with Crippen molar-refractivity contribution in [1.82, 2.24) is 15.1 Å². The van der Waals surface area contributed by atoms with Gasteiger partial charge in [0.15, 0.2) is 11.6 Å². The van der Waals surface area contributed by atoms with Crippen LogP contribution >= 0.6 is 0 Å². The Bertz CT molecular complexity index is 705. The maximum absolute atomic E-state index is 13.4. The van der Waals surface area contributed by atoms with Crippen molar-refractivity contribution in [3.8, 4) is 0 Å². The summed E-state index contributed by atoms with van der Waals surface area (Å²) < 4.78 is 26.4. The molecule has 1 aromatic carbocycles. The molecular weight excluding hydrogens is 372 g/mol. The van der Waals surface area contributed by atoms with Gasteiger partial charge in [-0.15, -0.1) is 0 Å². The number of nitrogens with zero attached hydrogens (tertiary/aromatic N) is 2. The molecule has 3 fully saturated rings. The Hall–Kier alpha value is -1.53. The normalized spacial score (nSPS) is 28.3. The van der Waals surface area contributed by atoms with Gasteiger partial charge in [-0.2, -0.15) is 0 Å². The van der Waals surface area contributed by atoms with Crippen molar-refractivity contribution < 1.29 is 13.6 Å². The van der Waals surface area contributed by atoms with Gasteiger partial charge in [0.2, 0.25) is 5.91 Å². The third kappa shape index (κ3) is 5.15. The minimum Gasteiger partial charge on any atom is -0.353 e. The Labute approximate surface area is 172 Å². The summed E-state index contributed by atoms with van der Waals surface area (Å²) in [5.41, 5.74) is 0.827. The first-order valence-corrected chi connectivity index (χ1v) is 11.3. The zero-order valence-corrected chi connectivity index (χ0v) is 17.2. The molecule has 6 heteroatoms. The third-order valence-corrected chi connectivity index (χ3v) is 7.10. The largest absolute Gasteiger partial charge is 0.353 e. The molecule has 29 heavy (non-hydrogen) atoms. The second-order valence-electron chi connectivity index (χ2n) is 9.03. The predicted molar refractivity (Wildman–Crippen MR) is 109 cm³/mol. The van der Waals surface area contributed by atoms with E-state index in [0.29, 0.717) is 24.4 Å². The number of carbonyl (C=O) groups is 1. The van der Waals surface area contributed by atoms with Gasteiger partial charge in [0.25, 0.3) is 0 Å². The van der Waals surface area contributed by atoms with Crippen LogP contribution in [-0.2, 0) is 11.3 Å². The summed E-state index contributed by atoms with van der Waals surface area (Å²) in [6, 6.07) is 4.63. The molecule has 1 saturated carbocycles. The highest BCUT2D eigenvalue weighted by Crippen LogP contribution is 2.37. The van der Waals surface area contributed by atoms with Crippen LogP contribution < -0.4 is 5.32 Å². The number of unbranched alkanes of at least 4 members (excludes halogenated alkanes) is 1. The van der Waals surface area contributed by atoms with Gasteiger partial charge >= 0.3 is 0 Å². The first-order chi connectivity index (χ1) is 14.1. The molecule has 160 valence electrons. The van der Waals surface area contributed by atoms with Crippen molar-refractivity contribution in [3.05, 3.63) is 35.4 Å². The summed E-state index contributed by atoms with van der Waals surface area (Å²) in [5, 5.41) is 3.23. The van der Waals surface area contributed by atoms with Crippen molar-refractivity contribution >= 4 is 5.91 Å². The van der Waals surface area contributed by atoms with Crippen LogP contribution in [0.1, 0.15) is 50.5 Å². The molecule has 3 aliphatic rings. The van der Waals surface area contributed by atoms with Crippen LogP contribution in [0, 0.1) is 23.5 Å². The molecule has 4 rings (SSSR count). The Balaban J connectivity index is 1.13. The van der Waals surface area contributed by atoms with Crippen molar-refractivity contribution in [1.29, 1.82) is 0 Å². The minimum atomic E-state index is -0.785. The van der Waals surface area contributed by atoms with E-state index >= 15 is 0 Å². The number of benzene rings is 1. The first kappa shape index (κ1) is 20.7. The number of fused-ring (bicyclic) bond motifs is 1. The molecule has 4 nitrogen and oxygen atoms in total. The molecule has 3 unspecified atom stereocenters. The summed E-state index contributed by atoms with van der Waals surface area (Å²) in [6.07, 6.45) is 8.22. The van der Waals surface area contributed by atoms with Gasteiger partial charge in [-0.25, -0.2) is 8.78 Å². The maximum Gasteiger partial charge on any atom is 0.223 e. The fourth-order valence-electron chi connectivity index (χ4n) is 5.42. The number of nitrogens with one attached hydrogen (secondary N) is 1. The summed E-state index contributed by atoms with van der Waals surface area (Å²) in [7, 11) is 0. The topological polar surface area (TPSA) is 35.6 Å². The van der Waals surface area contributed by atoms with E-state index < -0.39 is 11.6 Å². The van der Waals surface area contributed by atoms with E-state index in [-0.39, 0.29) is 5.92 Å². The predicted octanol–water partition coefficient (Wildman–Crippen LogP) is 3.56. The quantitative estimate of drug-likeness (QED) is 0.705. The summed E-state index contributed by atoms with van der Waals surface area (Å²) in [4.78, 5) is 17.1. The third-order valence-electron chi connectivity index (χ3n) is 7.10. The zero-order chi connectivity index (χ0) is 20.2. The number of hydrogen-bond donors (Lipinski definition) is 1. The summed E-state index contributed by atoms with van der Waals surface area (Å²) in [5.74, 6) is -0.429. The second kappa shape index (κ2) is 9.52. The van der Waals surface area contributed by atoms with Crippen LogP contribution in [0.4, 0.5) is 8.78 Å².